The van der Waals surface area contributed by atoms with Crippen LogP contribution in [-0.4, -0.2) is 23.1 Å². The van der Waals surface area contributed by atoms with Crippen molar-refractivity contribution in [3.8, 4) is 0 Å². The van der Waals surface area contributed by atoms with E-state index in [9.17, 15) is 14.0 Å². The van der Waals surface area contributed by atoms with Crippen LogP contribution in [0.4, 0.5) is 14.9 Å². The number of carboxylic acids is 1. The lowest BCUT2D eigenvalue weighted by molar-refractivity contribution is -0.141. The Balaban J connectivity index is 2.75. The van der Waals surface area contributed by atoms with Crippen LogP contribution in [0.5, 0.6) is 0 Å². The standard InChI is InChI=1S/C13H17FN2O3/c1-13(2,3)10(11(17)18)16-12(19)15-9-7-5-4-6-8(9)14/h4-7,10H,1-3H3,(H,17,18)(H2,15,16,19)/t10-/m1/s1. The summed E-state index contributed by atoms with van der Waals surface area (Å²) in [5.74, 6) is -1.73. The molecule has 0 saturated heterocycles. The van der Waals surface area contributed by atoms with E-state index in [2.05, 4.69) is 10.6 Å². The third-order valence-corrected chi connectivity index (χ3v) is 2.51. The highest BCUT2D eigenvalue weighted by molar-refractivity contribution is 5.92. The smallest absolute Gasteiger partial charge is 0.326 e. The van der Waals surface area contributed by atoms with Gasteiger partial charge in [-0.05, 0) is 17.5 Å². The molecule has 0 spiro atoms. The van der Waals surface area contributed by atoms with Gasteiger partial charge >= 0.3 is 12.0 Å². The van der Waals surface area contributed by atoms with Gasteiger partial charge in [0.15, 0.2) is 0 Å². The van der Waals surface area contributed by atoms with Crippen LogP contribution in [0, 0.1) is 11.2 Å². The SMILES string of the molecule is CC(C)(C)[C@H](NC(=O)Nc1ccccc1F)C(=O)O. The maximum absolute atomic E-state index is 13.3. The Kier molecular flexibility index (Phi) is 4.47. The van der Waals surface area contributed by atoms with Crippen molar-refractivity contribution < 1.29 is 19.1 Å². The fraction of sp³-hybridized carbons (Fsp3) is 0.385. The molecule has 1 atom stereocenters. The first kappa shape index (κ1) is 14.9. The highest BCUT2D eigenvalue weighted by Gasteiger charge is 2.32. The highest BCUT2D eigenvalue weighted by atomic mass is 19.1. The van der Waals surface area contributed by atoms with Gasteiger partial charge in [-0.3, -0.25) is 0 Å². The highest BCUT2D eigenvalue weighted by Crippen LogP contribution is 2.20. The lowest BCUT2D eigenvalue weighted by Crippen LogP contribution is -2.50. The Morgan fingerprint density at radius 1 is 1.26 bits per heavy atom. The number of para-hydroxylation sites is 1. The van der Waals surface area contributed by atoms with E-state index < -0.39 is 29.3 Å². The molecule has 6 heteroatoms. The Morgan fingerprint density at radius 2 is 1.84 bits per heavy atom. The van der Waals surface area contributed by atoms with Crippen LogP contribution in [-0.2, 0) is 4.79 Å². The second-order valence-corrected chi connectivity index (χ2v) is 5.22. The van der Waals surface area contributed by atoms with E-state index in [0.717, 1.165) is 0 Å². The van der Waals surface area contributed by atoms with E-state index in [1.54, 1.807) is 26.8 Å². The van der Waals surface area contributed by atoms with E-state index in [4.69, 9.17) is 5.11 Å². The van der Waals surface area contributed by atoms with Crippen molar-refractivity contribution in [3.63, 3.8) is 0 Å². The summed E-state index contributed by atoms with van der Waals surface area (Å²) in [6, 6.07) is 3.83. The summed E-state index contributed by atoms with van der Waals surface area (Å²) in [5.41, 5.74) is -0.656. The fourth-order valence-electron chi connectivity index (χ4n) is 1.50. The minimum Gasteiger partial charge on any atom is -0.480 e. The van der Waals surface area contributed by atoms with E-state index >= 15 is 0 Å². The average molecular weight is 268 g/mol. The first-order chi connectivity index (χ1) is 8.71. The van der Waals surface area contributed by atoms with Crippen molar-refractivity contribution in [2.24, 2.45) is 5.41 Å². The van der Waals surface area contributed by atoms with Gasteiger partial charge in [-0.15, -0.1) is 0 Å². The lowest BCUT2D eigenvalue weighted by Gasteiger charge is -2.27. The van der Waals surface area contributed by atoms with Gasteiger partial charge in [-0.2, -0.15) is 0 Å². The zero-order chi connectivity index (χ0) is 14.6. The topological polar surface area (TPSA) is 78.4 Å². The lowest BCUT2D eigenvalue weighted by atomic mass is 9.87. The molecule has 0 aliphatic rings. The fourth-order valence-corrected chi connectivity index (χ4v) is 1.50. The number of nitrogens with one attached hydrogen (secondary N) is 2. The number of aliphatic carboxylic acids is 1. The summed E-state index contributed by atoms with van der Waals surface area (Å²) >= 11 is 0. The van der Waals surface area contributed by atoms with Gasteiger partial charge in [0.1, 0.15) is 11.9 Å². The number of carboxylic acid groups (broad SMARTS) is 1. The van der Waals surface area contributed by atoms with E-state index in [1.165, 1.54) is 18.2 Å². The minimum atomic E-state index is -1.14. The average Bonchev–Trinajstić information content (AvgIpc) is 2.27. The van der Waals surface area contributed by atoms with Crippen LogP contribution in [0.15, 0.2) is 24.3 Å². The molecule has 2 amide bonds. The first-order valence-electron chi connectivity index (χ1n) is 5.76. The predicted molar refractivity (Wildman–Crippen MR) is 69.4 cm³/mol. The predicted octanol–water partition coefficient (Wildman–Crippen LogP) is 2.45. The molecular formula is C13H17FN2O3. The number of halogens is 1. The second-order valence-electron chi connectivity index (χ2n) is 5.22. The Bertz CT molecular complexity index is 483. The van der Waals surface area contributed by atoms with E-state index in [-0.39, 0.29) is 5.69 Å². The van der Waals surface area contributed by atoms with Crippen molar-refractivity contribution in [3.05, 3.63) is 30.1 Å². The number of hydrogen-bond acceptors (Lipinski definition) is 2. The van der Waals surface area contributed by atoms with Gasteiger partial charge in [0, 0.05) is 0 Å². The molecule has 0 saturated carbocycles. The van der Waals surface area contributed by atoms with Crippen molar-refractivity contribution >= 4 is 17.7 Å². The minimum absolute atomic E-state index is 0.00181. The number of urea groups is 1. The summed E-state index contributed by atoms with van der Waals surface area (Å²) in [4.78, 5) is 22.8. The molecule has 5 nitrogen and oxygen atoms in total. The molecular weight excluding hydrogens is 251 g/mol. The molecule has 1 aromatic carbocycles. The van der Waals surface area contributed by atoms with Crippen LogP contribution in [0.3, 0.4) is 0 Å². The Hall–Kier alpha value is -2.11. The van der Waals surface area contributed by atoms with Gasteiger partial charge in [-0.25, -0.2) is 14.0 Å². The second kappa shape index (κ2) is 5.69. The molecule has 0 radical (unpaired) electrons. The molecule has 0 aliphatic carbocycles. The molecule has 0 heterocycles. The number of rotatable bonds is 3. The first-order valence-corrected chi connectivity index (χ1v) is 5.76. The van der Waals surface area contributed by atoms with Crippen molar-refractivity contribution in [1.82, 2.24) is 5.32 Å². The molecule has 1 rings (SSSR count). The van der Waals surface area contributed by atoms with Crippen molar-refractivity contribution in [2.45, 2.75) is 26.8 Å². The van der Waals surface area contributed by atoms with Crippen LogP contribution >= 0.6 is 0 Å². The van der Waals surface area contributed by atoms with Crippen molar-refractivity contribution in [1.29, 1.82) is 0 Å². The molecule has 0 bridgehead atoms. The summed E-state index contributed by atoms with van der Waals surface area (Å²) < 4.78 is 13.3. The molecule has 19 heavy (non-hydrogen) atoms. The maximum atomic E-state index is 13.3. The molecule has 104 valence electrons. The number of anilines is 1. The van der Waals surface area contributed by atoms with Crippen LogP contribution in [0.25, 0.3) is 0 Å². The van der Waals surface area contributed by atoms with Crippen LogP contribution < -0.4 is 10.6 Å². The molecule has 1 aromatic rings. The third-order valence-electron chi connectivity index (χ3n) is 2.51. The third kappa shape index (κ3) is 4.24. The summed E-state index contributed by atoms with van der Waals surface area (Å²) in [6.45, 7) is 5.07. The van der Waals surface area contributed by atoms with Crippen LogP contribution in [0.2, 0.25) is 0 Å². The maximum Gasteiger partial charge on any atom is 0.326 e. The normalized spacial score (nSPS) is 12.6. The molecule has 0 aliphatic heterocycles. The Morgan fingerprint density at radius 3 is 2.32 bits per heavy atom. The quantitative estimate of drug-likeness (QED) is 0.787. The molecule has 0 unspecified atom stereocenters. The van der Waals surface area contributed by atoms with Gasteiger partial charge in [0.2, 0.25) is 0 Å². The van der Waals surface area contributed by atoms with Crippen molar-refractivity contribution in [2.75, 3.05) is 5.32 Å². The number of hydrogen-bond donors (Lipinski definition) is 3. The Labute approximate surface area is 110 Å². The summed E-state index contributed by atoms with van der Waals surface area (Å²) in [6.07, 6.45) is 0. The number of carbonyl (C=O) groups excluding carboxylic acids is 1. The van der Waals surface area contributed by atoms with Crippen LogP contribution in [0.1, 0.15) is 20.8 Å². The monoisotopic (exact) mass is 268 g/mol. The molecule has 3 N–H and O–H groups in total. The van der Waals surface area contributed by atoms with Gasteiger partial charge in [-0.1, -0.05) is 32.9 Å². The summed E-state index contributed by atoms with van der Waals surface area (Å²) in [5, 5.41) is 13.7. The van der Waals surface area contributed by atoms with Gasteiger partial charge in [0.05, 0.1) is 5.69 Å². The number of amides is 2. The number of carbonyl (C=O) groups is 2. The molecule has 0 aromatic heterocycles. The summed E-state index contributed by atoms with van der Waals surface area (Å²) in [7, 11) is 0. The zero-order valence-electron chi connectivity index (χ0n) is 11.0. The van der Waals surface area contributed by atoms with E-state index in [1.807, 2.05) is 0 Å². The molecule has 0 fully saturated rings. The van der Waals surface area contributed by atoms with E-state index in [0.29, 0.717) is 0 Å². The van der Waals surface area contributed by atoms with Gasteiger partial charge in [0.25, 0.3) is 0 Å². The zero-order valence-corrected chi connectivity index (χ0v) is 11.0. The van der Waals surface area contributed by atoms with Gasteiger partial charge < -0.3 is 15.7 Å². The number of benzene rings is 1. The largest absolute Gasteiger partial charge is 0.480 e.